The molecule has 3 rings (SSSR count). The second-order valence-corrected chi connectivity index (χ2v) is 6.21. The van der Waals surface area contributed by atoms with Gasteiger partial charge in [0.05, 0.1) is 18.7 Å². The van der Waals surface area contributed by atoms with Crippen molar-refractivity contribution in [3.63, 3.8) is 0 Å². The Morgan fingerprint density at radius 1 is 1.11 bits per heavy atom. The number of benzene rings is 2. The second kappa shape index (κ2) is 9.12. The molecule has 148 valence electrons. The third kappa shape index (κ3) is 4.54. The summed E-state index contributed by atoms with van der Waals surface area (Å²) in [6, 6.07) is 12.6. The summed E-state index contributed by atoms with van der Waals surface area (Å²) in [5, 5.41) is 2.68. The van der Waals surface area contributed by atoms with Gasteiger partial charge < -0.3 is 24.4 Å². The Hall–Kier alpha value is -3.22. The highest BCUT2D eigenvalue weighted by Crippen LogP contribution is 2.32. The first-order valence-corrected chi connectivity index (χ1v) is 9.28. The lowest BCUT2D eigenvalue weighted by atomic mass is 10.2. The summed E-state index contributed by atoms with van der Waals surface area (Å²) in [5.41, 5.74) is 1.35. The van der Waals surface area contributed by atoms with Crippen LogP contribution >= 0.6 is 0 Å². The first-order chi connectivity index (χ1) is 13.6. The van der Waals surface area contributed by atoms with Crippen LogP contribution in [0.25, 0.3) is 0 Å². The van der Waals surface area contributed by atoms with Gasteiger partial charge in [0, 0.05) is 13.1 Å². The van der Waals surface area contributed by atoms with Crippen LogP contribution in [0, 0.1) is 0 Å². The maximum absolute atomic E-state index is 12.6. The Bertz CT molecular complexity index is 852. The molecule has 7 nitrogen and oxygen atoms in total. The number of amides is 2. The van der Waals surface area contributed by atoms with Crippen LogP contribution in [0.15, 0.2) is 42.5 Å². The predicted molar refractivity (Wildman–Crippen MR) is 104 cm³/mol. The third-order valence-corrected chi connectivity index (χ3v) is 4.38. The van der Waals surface area contributed by atoms with Gasteiger partial charge in [-0.25, -0.2) is 0 Å². The topological polar surface area (TPSA) is 77.1 Å². The summed E-state index contributed by atoms with van der Waals surface area (Å²) in [7, 11) is 0. The number of ether oxygens (including phenoxy) is 3. The molecule has 1 heterocycles. The molecule has 2 aromatic carbocycles. The summed E-state index contributed by atoms with van der Waals surface area (Å²) >= 11 is 0. The molecule has 0 unspecified atom stereocenters. The number of fused-ring (bicyclic) bond motifs is 1. The maximum Gasteiger partial charge on any atom is 0.255 e. The van der Waals surface area contributed by atoms with Gasteiger partial charge in [0.1, 0.15) is 5.75 Å². The first kappa shape index (κ1) is 19.5. The van der Waals surface area contributed by atoms with Gasteiger partial charge in [0.15, 0.2) is 11.5 Å². The summed E-state index contributed by atoms with van der Waals surface area (Å²) in [5.74, 6) is 1.39. The van der Waals surface area contributed by atoms with E-state index < -0.39 is 0 Å². The molecule has 1 aliphatic heterocycles. The lowest BCUT2D eigenvalue weighted by Crippen LogP contribution is -2.39. The lowest BCUT2D eigenvalue weighted by molar-refractivity contribution is -0.130. The van der Waals surface area contributed by atoms with Crippen LogP contribution in [-0.4, -0.2) is 43.2 Å². The number of hydrogen-bond donors (Lipinski definition) is 1. The van der Waals surface area contributed by atoms with Crippen LogP contribution in [0.5, 0.6) is 17.2 Å². The minimum absolute atomic E-state index is 0.0856. The van der Waals surface area contributed by atoms with Gasteiger partial charge in [-0.2, -0.15) is 0 Å². The van der Waals surface area contributed by atoms with Crippen molar-refractivity contribution in [1.82, 2.24) is 10.2 Å². The average molecular weight is 384 g/mol. The minimum atomic E-state index is -0.337. The van der Waals surface area contributed by atoms with E-state index in [4.69, 9.17) is 14.2 Å². The van der Waals surface area contributed by atoms with E-state index in [9.17, 15) is 9.59 Å². The van der Waals surface area contributed by atoms with E-state index in [1.165, 1.54) is 0 Å². The van der Waals surface area contributed by atoms with Crippen LogP contribution in [0.1, 0.15) is 29.8 Å². The van der Waals surface area contributed by atoms with Gasteiger partial charge in [0.2, 0.25) is 12.7 Å². The second-order valence-electron chi connectivity index (χ2n) is 6.21. The zero-order valence-corrected chi connectivity index (χ0v) is 16.1. The van der Waals surface area contributed by atoms with Crippen molar-refractivity contribution in [2.45, 2.75) is 20.4 Å². The molecular weight excluding hydrogens is 360 g/mol. The number of nitrogens with one attached hydrogen (secondary N) is 1. The number of carbonyl (C=O) groups excluding carboxylic acids is 2. The molecule has 0 aromatic heterocycles. The molecule has 1 N–H and O–H groups in total. The highest BCUT2D eigenvalue weighted by molar-refractivity contribution is 5.98. The Balaban J connectivity index is 1.59. The molecule has 2 aromatic rings. The van der Waals surface area contributed by atoms with Gasteiger partial charge >= 0.3 is 0 Å². The monoisotopic (exact) mass is 384 g/mol. The predicted octanol–water partition coefficient (Wildman–Crippen LogP) is 2.59. The van der Waals surface area contributed by atoms with Crippen LogP contribution in [0.4, 0.5) is 0 Å². The van der Waals surface area contributed by atoms with E-state index in [0.717, 1.165) is 5.56 Å². The Morgan fingerprint density at radius 3 is 2.68 bits per heavy atom. The molecule has 0 bridgehead atoms. The molecule has 0 spiro atoms. The zero-order valence-electron chi connectivity index (χ0n) is 16.1. The quantitative estimate of drug-likeness (QED) is 0.757. The summed E-state index contributed by atoms with van der Waals surface area (Å²) in [6.45, 7) is 5.30. The van der Waals surface area contributed by atoms with Crippen molar-refractivity contribution in [2.24, 2.45) is 0 Å². The number of carbonyl (C=O) groups is 2. The maximum atomic E-state index is 12.6. The van der Waals surface area contributed by atoms with E-state index in [1.807, 2.05) is 32.0 Å². The molecule has 2 amide bonds. The van der Waals surface area contributed by atoms with Crippen LogP contribution in [-0.2, 0) is 11.3 Å². The fraction of sp³-hybridized carbons (Fsp3) is 0.333. The normalized spacial score (nSPS) is 11.8. The number of hydrogen-bond acceptors (Lipinski definition) is 5. The highest BCUT2D eigenvalue weighted by atomic mass is 16.7. The minimum Gasteiger partial charge on any atom is -0.493 e. The fourth-order valence-electron chi connectivity index (χ4n) is 2.93. The smallest absolute Gasteiger partial charge is 0.255 e. The van der Waals surface area contributed by atoms with E-state index in [1.54, 1.807) is 29.2 Å². The first-order valence-electron chi connectivity index (χ1n) is 9.28. The van der Waals surface area contributed by atoms with Gasteiger partial charge in [0.25, 0.3) is 5.91 Å². The Morgan fingerprint density at radius 2 is 1.89 bits per heavy atom. The molecule has 0 atom stereocenters. The van der Waals surface area contributed by atoms with Crippen molar-refractivity contribution in [3.05, 3.63) is 53.6 Å². The number of likely N-dealkylation sites (N-methyl/N-ethyl adjacent to an activating group) is 1. The fourth-order valence-corrected chi connectivity index (χ4v) is 2.93. The Labute approximate surface area is 164 Å². The van der Waals surface area contributed by atoms with E-state index in [2.05, 4.69) is 5.32 Å². The van der Waals surface area contributed by atoms with E-state index in [0.29, 0.717) is 42.5 Å². The average Bonchev–Trinajstić information content (AvgIpc) is 3.18. The van der Waals surface area contributed by atoms with Gasteiger partial charge in [-0.15, -0.1) is 0 Å². The molecular formula is C21H24N2O5. The zero-order chi connectivity index (χ0) is 19.9. The molecule has 0 aliphatic carbocycles. The number of para-hydroxylation sites is 1. The number of nitrogens with zero attached hydrogens (tertiary/aromatic N) is 1. The molecule has 0 saturated heterocycles. The summed E-state index contributed by atoms with van der Waals surface area (Å²) < 4.78 is 16.2. The van der Waals surface area contributed by atoms with Crippen LogP contribution < -0.4 is 19.5 Å². The lowest BCUT2D eigenvalue weighted by Gasteiger charge is -2.21. The van der Waals surface area contributed by atoms with Crippen molar-refractivity contribution in [3.8, 4) is 17.2 Å². The largest absolute Gasteiger partial charge is 0.493 e. The van der Waals surface area contributed by atoms with Crippen molar-refractivity contribution >= 4 is 11.8 Å². The number of rotatable bonds is 8. The molecule has 1 aliphatic rings. The van der Waals surface area contributed by atoms with Gasteiger partial charge in [-0.05, 0) is 43.7 Å². The molecule has 0 radical (unpaired) electrons. The third-order valence-electron chi connectivity index (χ3n) is 4.38. The molecule has 0 fully saturated rings. The Kier molecular flexibility index (Phi) is 6.37. The van der Waals surface area contributed by atoms with Crippen molar-refractivity contribution in [2.75, 3.05) is 26.5 Å². The molecule has 28 heavy (non-hydrogen) atoms. The SMILES string of the molecule is CCOc1ccccc1C(=O)NCC(=O)N(CC)Cc1ccc2c(c1)OCO2. The van der Waals surface area contributed by atoms with Crippen LogP contribution in [0.2, 0.25) is 0 Å². The standard InChI is InChI=1S/C21H24N2O5/c1-3-23(13-15-9-10-18-19(11-15)28-14-27-18)20(24)12-22-21(25)16-7-5-6-8-17(16)26-4-2/h5-11H,3-4,12-14H2,1-2H3,(H,22,25). The highest BCUT2D eigenvalue weighted by Gasteiger charge is 2.18. The van der Waals surface area contributed by atoms with E-state index in [-0.39, 0.29) is 25.2 Å². The summed E-state index contributed by atoms with van der Waals surface area (Å²) in [6.07, 6.45) is 0. The van der Waals surface area contributed by atoms with Crippen molar-refractivity contribution in [1.29, 1.82) is 0 Å². The summed E-state index contributed by atoms with van der Waals surface area (Å²) in [4.78, 5) is 26.7. The van der Waals surface area contributed by atoms with Gasteiger partial charge in [-0.3, -0.25) is 9.59 Å². The van der Waals surface area contributed by atoms with Crippen molar-refractivity contribution < 1.29 is 23.8 Å². The van der Waals surface area contributed by atoms with Gasteiger partial charge in [-0.1, -0.05) is 18.2 Å². The molecule has 0 saturated carbocycles. The molecule has 7 heteroatoms. The van der Waals surface area contributed by atoms with Crippen LogP contribution in [0.3, 0.4) is 0 Å². The van der Waals surface area contributed by atoms with E-state index >= 15 is 0 Å².